The second-order valence-electron chi connectivity index (χ2n) is 14.7. The topological polar surface area (TPSA) is 171 Å². The number of pyridine rings is 1. The van der Waals surface area contributed by atoms with Crippen molar-refractivity contribution in [3.63, 3.8) is 0 Å². The van der Waals surface area contributed by atoms with E-state index in [0.29, 0.717) is 60.5 Å². The molecule has 2 saturated carbocycles. The van der Waals surface area contributed by atoms with Gasteiger partial charge < -0.3 is 24.4 Å². The number of allylic oxidation sites excluding steroid dienone is 1. The Morgan fingerprint density at radius 1 is 1.17 bits per heavy atom. The summed E-state index contributed by atoms with van der Waals surface area (Å²) in [7, 11) is -2.35. The molecule has 4 aliphatic rings. The minimum absolute atomic E-state index is 0.0471. The zero-order valence-electron chi connectivity index (χ0n) is 30.2. The van der Waals surface area contributed by atoms with Crippen LogP contribution in [0.5, 0.6) is 11.5 Å². The molecule has 0 spiro atoms. The number of sulfonamides is 1. The molecule has 1 aromatic carbocycles. The van der Waals surface area contributed by atoms with Crippen molar-refractivity contribution >= 4 is 50.2 Å². The van der Waals surface area contributed by atoms with Crippen LogP contribution in [0.15, 0.2) is 42.6 Å². The van der Waals surface area contributed by atoms with Crippen LogP contribution in [0.3, 0.4) is 0 Å². The van der Waals surface area contributed by atoms with Crippen molar-refractivity contribution < 1.29 is 37.0 Å². The number of halogens is 1. The molecule has 5 atom stereocenters. The predicted octanol–water partition coefficient (Wildman–Crippen LogP) is 4.18. The third-order valence-corrected chi connectivity index (χ3v) is 12.6. The van der Waals surface area contributed by atoms with E-state index in [4.69, 9.17) is 30.8 Å². The Balaban J connectivity index is 1.21. The Morgan fingerprint density at radius 3 is 2.68 bits per heavy atom. The summed E-state index contributed by atoms with van der Waals surface area (Å²) >= 11 is 6.78. The summed E-state index contributed by atoms with van der Waals surface area (Å²) in [6, 6.07) is 6.12. The van der Waals surface area contributed by atoms with E-state index in [9.17, 15) is 22.8 Å². The first-order chi connectivity index (χ1) is 25.3. The molecule has 2 aliphatic heterocycles. The van der Waals surface area contributed by atoms with Crippen molar-refractivity contribution in [2.45, 2.75) is 101 Å². The maximum Gasteiger partial charge on any atom is 0.259 e. The van der Waals surface area contributed by atoms with Crippen LogP contribution in [0.1, 0.15) is 77.3 Å². The van der Waals surface area contributed by atoms with Gasteiger partial charge in [0.1, 0.15) is 40.3 Å². The third kappa shape index (κ3) is 7.47. The van der Waals surface area contributed by atoms with Gasteiger partial charge in [0.2, 0.25) is 15.9 Å². The molecule has 3 aromatic rings. The number of rotatable bonds is 8. The molecular formula is C37H45ClN6O8S. The van der Waals surface area contributed by atoms with Crippen LogP contribution in [-0.2, 0) is 29.1 Å². The molecule has 1 saturated heterocycles. The minimum atomic E-state index is -3.86. The number of nitrogens with one attached hydrogen (secondary N) is 2. The highest BCUT2D eigenvalue weighted by atomic mass is 35.5. The maximum absolute atomic E-state index is 14.3. The number of hydrogen-bond acceptors (Lipinski definition) is 10. The van der Waals surface area contributed by atoms with Crippen LogP contribution in [0.4, 0.5) is 0 Å². The molecule has 5 unspecified atom stereocenters. The van der Waals surface area contributed by atoms with E-state index < -0.39 is 62.7 Å². The first kappa shape index (κ1) is 37.1. The predicted molar refractivity (Wildman–Crippen MR) is 197 cm³/mol. The zero-order valence-corrected chi connectivity index (χ0v) is 31.8. The van der Waals surface area contributed by atoms with Crippen molar-refractivity contribution in [2.24, 2.45) is 5.92 Å². The monoisotopic (exact) mass is 768 g/mol. The van der Waals surface area contributed by atoms with Crippen molar-refractivity contribution in [2.75, 3.05) is 20.3 Å². The first-order valence-electron chi connectivity index (χ1n) is 18.2. The summed E-state index contributed by atoms with van der Waals surface area (Å²) in [4.78, 5) is 48.1. The van der Waals surface area contributed by atoms with E-state index >= 15 is 0 Å². The second-order valence-corrected chi connectivity index (χ2v) is 17.0. The fraction of sp³-hybridized carbons (Fsp3) is 0.541. The Labute approximate surface area is 313 Å². The maximum atomic E-state index is 14.3. The standard InChI is InChI=1S/C37H45ClN6O8S/c1-21(2)27-14-15-44(41-27)31-18-30(26-12-13-29(50-4)32(38)33(26)39-31)52-24-17-28-34(45)40-37(36(47)42-53(48,49)25-10-11-25)19-23(37)9-7-5-6-8-16-51-22(3)35(46)43(28)20-24/h7,9,12-15,18,21-25,28H,5-6,8,10-11,16-17,19-20H2,1-4H3,(H,40,45)(H,42,47). The van der Waals surface area contributed by atoms with E-state index in [1.165, 1.54) is 12.0 Å². The lowest BCUT2D eigenvalue weighted by atomic mass is 10.1. The van der Waals surface area contributed by atoms with E-state index in [0.717, 1.165) is 12.1 Å². The molecule has 2 aromatic heterocycles. The van der Waals surface area contributed by atoms with Gasteiger partial charge in [-0.25, -0.2) is 18.1 Å². The number of nitrogens with zero attached hydrogens (tertiary/aromatic N) is 4. The van der Waals surface area contributed by atoms with Crippen LogP contribution in [0.2, 0.25) is 5.02 Å². The van der Waals surface area contributed by atoms with Gasteiger partial charge in [-0.2, -0.15) is 5.10 Å². The van der Waals surface area contributed by atoms with Gasteiger partial charge in [0.15, 0.2) is 5.82 Å². The number of hydrogen-bond donors (Lipinski definition) is 2. The lowest BCUT2D eigenvalue weighted by Crippen LogP contribution is -2.57. The summed E-state index contributed by atoms with van der Waals surface area (Å²) in [6.45, 7) is 6.16. The van der Waals surface area contributed by atoms with Crippen molar-refractivity contribution in [1.82, 2.24) is 29.7 Å². The molecule has 0 bridgehead atoms. The molecular weight excluding hydrogens is 724 g/mol. The highest BCUT2D eigenvalue weighted by molar-refractivity contribution is 7.91. The first-order valence-corrected chi connectivity index (χ1v) is 20.1. The molecule has 53 heavy (non-hydrogen) atoms. The Hall–Kier alpha value is -4.21. The van der Waals surface area contributed by atoms with E-state index in [-0.39, 0.29) is 30.3 Å². The molecule has 3 amide bonds. The number of methoxy groups -OCH3 is 1. The second kappa shape index (κ2) is 14.6. The number of fused-ring (bicyclic) bond motifs is 3. The molecule has 16 heteroatoms. The lowest BCUT2D eigenvalue weighted by molar-refractivity contribution is -0.147. The molecule has 4 heterocycles. The summed E-state index contributed by atoms with van der Waals surface area (Å²) in [6.07, 6.45) is 7.64. The molecule has 284 valence electrons. The number of carbonyl (C=O) groups is 3. The van der Waals surface area contributed by atoms with Crippen molar-refractivity contribution in [3.05, 3.63) is 53.3 Å². The minimum Gasteiger partial charge on any atom is -0.495 e. The van der Waals surface area contributed by atoms with Crippen molar-refractivity contribution in [1.29, 1.82) is 0 Å². The van der Waals surface area contributed by atoms with Crippen molar-refractivity contribution in [3.8, 4) is 17.3 Å². The van der Waals surface area contributed by atoms with Gasteiger partial charge in [-0.05, 0) is 69.6 Å². The summed E-state index contributed by atoms with van der Waals surface area (Å²) < 4.78 is 47.5. The Kier molecular flexibility index (Phi) is 10.2. The van der Waals surface area contributed by atoms with Gasteiger partial charge >= 0.3 is 0 Å². The van der Waals surface area contributed by atoms with Crippen LogP contribution in [0, 0.1) is 5.92 Å². The van der Waals surface area contributed by atoms with Gasteiger partial charge in [-0.15, -0.1) is 0 Å². The van der Waals surface area contributed by atoms with Crippen LogP contribution in [-0.4, -0.2) is 95.1 Å². The summed E-state index contributed by atoms with van der Waals surface area (Å²) in [5.74, 6) is -0.665. The average Bonchev–Trinajstić information content (AvgIpc) is 4.00. The van der Waals surface area contributed by atoms with Gasteiger partial charge in [0.05, 0.1) is 30.1 Å². The average molecular weight is 769 g/mol. The number of carbonyl (C=O) groups excluding carboxylic acids is 3. The van der Waals surface area contributed by atoms with Crippen LogP contribution in [0.25, 0.3) is 16.7 Å². The number of amides is 3. The SMILES string of the molecule is COc1ccc2c(OC3CC4C(=O)NC5(C(=O)NS(=O)(=O)C6CC6)CC5C=CCCCCOC(C)C(=O)N4C3)cc(-n3ccc(C(C)C)n3)nc2c1Cl. The number of ether oxygens (including phenoxy) is 3. The largest absolute Gasteiger partial charge is 0.495 e. The van der Waals surface area contributed by atoms with Gasteiger partial charge in [-0.3, -0.25) is 19.1 Å². The normalized spacial score (nSPS) is 26.7. The fourth-order valence-corrected chi connectivity index (χ4v) is 8.70. The highest BCUT2D eigenvalue weighted by Gasteiger charge is 2.62. The molecule has 2 N–H and O–H groups in total. The van der Waals surface area contributed by atoms with Crippen LogP contribution >= 0.6 is 11.6 Å². The Bertz CT molecular complexity index is 2070. The molecule has 0 radical (unpaired) electrons. The third-order valence-electron chi connectivity index (χ3n) is 10.4. The van der Waals surface area contributed by atoms with Gasteiger partial charge in [-0.1, -0.05) is 37.6 Å². The molecule has 2 aliphatic carbocycles. The Morgan fingerprint density at radius 2 is 1.96 bits per heavy atom. The van der Waals surface area contributed by atoms with Crippen LogP contribution < -0.4 is 19.5 Å². The van der Waals surface area contributed by atoms with E-state index in [1.807, 2.05) is 32.1 Å². The highest BCUT2D eigenvalue weighted by Crippen LogP contribution is 2.46. The van der Waals surface area contributed by atoms with Gasteiger partial charge in [0, 0.05) is 36.6 Å². The smallest absolute Gasteiger partial charge is 0.259 e. The quantitative estimate of drug-likeness (QED) is 0.317. The summed E-state index contributed by atoms with van der Waals surface area (Å²) in [5, 5.41) is 7.85. The molecule has 14 nitrogen and oxygen atoms in total. The lowest BCUT2D eigenvalue weighted by Gasteiger charge is -2.28. The zero-order chi connectivity index (χ0) is 37.7. The molecule has 7 rings (SSSR count). The van der Waals surface area contributed by atoms with E-state index in [1.54, 1.807) is 36.0 Å². The number of benzene rings is 1. The number of aromatic nitrogens is 3. The van der Waals surface area contributed by atoms with Gasteiger partial charge in [0.25, 0.3) is 11.8 Å². The van der Waals surface area contributed by atoms with E-state index in [2.05, 4.69) is 15.1 Å². The fourth-order valence-electron chi connectivity index (χ4n) is 7.05. The summed E-state index contributed by atoms with van der Waals surface area (Å²) in [5.41, 5.74) is -0.168. The molecule has 3 fully saturated rings.